The van der Waals surface area contributed by atoms with Gasteiger partial charge in [0.05, 0.1) is 5.02 Å². The van der Waals surface area contributed by atoms with Crippen molar-refractivity contribution in [1.82, 2.24) is 10.3 Å². The van der Waals surface area contributed by atoms with Crippen LogP contribution in [-0.4, -0.2) is 11.5 Å². The molecule has 0 saturated heterocycles. The molecule has 1 N–H and O–H groups in total. The molecule has 0 atom stereocenters. The lowest BCUT2D eigenvalue weighted by Crippen LogP contribution is -2.14. The minimum absolute atomic E-state index is 0.578. The van der Waals surface area contributed by atoms with Gasteiger partial charge >= 0.3 is 0 Å². The zero-order chi connectivity index (χ0) is 15.2. The van der Waals surface area contributed by atoms with E-state index < -0.39 is 0 Å². The minimum atomic E-state index is 0.578. The van der Waals surface area contributed by atoms with Crippen molar-refractivity contribution in [2.45, 2.75) is 33.7 Å². The molecule has 112 valence electrons. The van der Waals surface area contributed by atoms with Crippen molar-refractivity contribution in [3.8, 4) is 11.6 Å². The van der Waals surface area contributed by atoms with Crippen LogP contribution in [0.4, 0.5) is 0 Å². The second-order valence-corrected chi connectivity index (χ2v) is 5.57. The third-order valence-electron chi connectivity index (χ3n) is 3.05. The average Bonchev–Trinajstić information content (AvgIpc) is 2.42. The predicted octanol–water partition coefficient (Wildman–Crippen LogP) is 4.64. The number of pyridine rings is 1. The Morgan fingerprint density at radius 3 is 2.71 bits per heavy atom. The minimum Gasteiger partial charge on any atom is -0.437 e. The summed E-state index contributed by atoms with van der Waals surface area (Å²) in [6, 6.07) is 9.74. The molecule has 0 saturated carbocycles. The van der Waals surface area contributed by atoms with E-state index in [1.54, 1.807) is 0 Å². The Labute approximate surface area is 131 Å². The summed E-state index contributed by atoms with van der Waals surface area (Å²) in [5.74, 6) is 1.21. The molecule has 0 aliphatic rings. The second-order valence-electron chi connectivity index (χ2n) is 5.17. The zero-order valence-corrected chi connectivity index (χ0v) is 13.5. The highest BCUT2D eigenvalue weighted by Crippen LogP contribution is 2.29. The van der Waals surface area contributed by atoms with Crippen molar-refractivity contribution in [3.63, 3.8) is 0 Å². The third kappa shape index (κ3) is 4.73. The summed E-state index contributed by atoms with van der Waals surface area (Å²) in [7, 11) is 0. The Morgan fingerprint density at radius 2 is 2.00 bits per heavy atom. The molecule has 0 aliphatic carbocycles. The van der Waals surface area contributed by atoms with Crippen LogP contribution in [0.15, 0.2) is 30.3 Å². The quantitative estimate of drug-likeness (QED) is 0.789. The molecule has 0 aliphatic heterocycles. The zero-order valence-electron chi connectivity index (χ0n) is 12.7. The molecule has 21 heavy (non-hydrogen) atoms. The van der Waals surface area contributed by atoms with Crippen LogP contribution in [0.2, 0.25) is 5.02 Å². The number of benzene rings is 1. The maximum absolute atomic E-state index is 6.20. The lowest BCUT2D eigenvalue weighted by molar-refractivity contribution is 0.460. The van der Waals surface area contributed by atoms with Crippen molar-refractivity contribution < 1.29 is 4.74 Å². The Balaban J connectivity index is 2.15. The van der Waals surface area contributed by atoms with Gasteiger partial charge in [-0.05, 0) is 56.1 Å². The first-order chi connectivity index (χ1) is 10.1. The van der Waals surface area contributed by atoms with Gasteiger partial charge < -0.3 is 10.1 Å². The largest absolute Gasteiger partial charge is 0.437 e. The van der Waals surface area contributed by atoms with Crippen molar-refractivity contribution in [2.24, 2.45) is 0 Å². The number of halogens is 1. The topological polar surface area (TPSA) is 34.2 Å². The van der Waals surface area contributed by atoms with Gasteiger partial charge in [-0.15, -0.1) is 0 Å². The fourth-order valence-electron chi connectivity index (χ4n) is 2.07. The molecule has 2 aromatic rings. The molecular weight excluding hydrogens is 284 g/mol. The molecule has 0 fully saturated rings. The fourth-order valence-corrected chi connectivity index (χ4v) is 2.35. The van der Waals surface area contributed by atoms with Crippen molar-refractivity contribution in [3.05, 3.63) is 52.2 Å². The smallest absolute Gasteiger partial charge is 0.219 e. The van der Waals surface area contributed by atoms with Crippen LogP contribution < -0.4 is 10.1 Å². The van der Waals surface area contributed by atoms with Crippen molar-refractivity contribution >= 4 is 11.6 Å². The standard InChI is InChI=1S/C17H21ClN2O/c1-4-7-19-11-14-9-13(3)20-17(10-14)21-16-6-5-12(2)8-15(16)18/h5-6,8-10,19H,4,7,11H2,1-3H3. The van der Waals surface area contributed by atoms with Gasteiger partial charge in [-0.2, -0.15) is 0 Å². The highest BCUT2D eigenvalue weighted by molar-refractivity contribution is 6.32. The van der Waals surface area contributed by atoms with Crippen LogP contribution in [0.3, 0.4) is 0 Å². The molecule has 0 bridgehead atoms. The molecular formula is C17H21ClN2O. The van der Waals surface area contributed by atoms with E-state index in [9.17, 15) is 0 Å². The number of rotatable bonds is 6. The lowest BCUT2D eigenvalue weighted by Gasteiger charge is -2.10. The summed E-state index contributed by atoms with van der Waals surface area (Å²) < 4.78 is 5.82. The summed E-state index contributed by atoms with van der Waals surface area (Å²) >= 11 is 6.20. The molecule has 0 spiro atoms. The first kappa shape index (κ1) is 15.8. The number of nitrogens with zero attached hydrogens (tertiary/aromatic N) is 1. The summed E-state index contributed by atoms with van der Waals surface area (Å²) in [5.41, 5.74) is 3.20. The van der Waals surface area contributed by atoms with E-state index in [1.807, 2.05) is 38.1 Å². The summed E-state index contributed by atoms with van der Waals surface area (Å²) in [5, 5.41) is 3.98. The number of aromatic nitrogens is 1. The lowest BCUT2D eigenvalue weighted by atomic mass is 10.2. The monoisotopic (exact) mass is 304 g/mol. The second kappa shape index (κ2) is 7.43. The van der Waals surface area contributed by atoms with Crippen LogP contribution in [0.1, 0.15) is 30.2 Å². The Bertz CT molecular complexity index is 614. The van der Waals surface area contributed by atoms with E-state index in [2.05, 4.69) is 23.3 Å². The van der Waals surface area contributed by atoms with E-state index in [-0.39, 0.29) is 0 Å². The number of aryl methyl sites for hydroxylation is 2. The van der Waals surface area contributed by atoms with E-state index in [0.717, 1.165) is 36.3 Å². The first-order valence-corrected chi connectivity index (χ1v) is 7.58. The molecule has 4 heteroatoms. The maximum Gasteiger partial charge on any atom is 0.219 e. The van der Waals surface area contributed by atoms with E-state index in [4.69, 9.17) is 16.3 Å². The number of hydrogen-bond acceptors (Lipinski definition) is 3. The molecule has 1 aromatic carbocycles. The van der Waals surface area contributed by atoms with E-state index >= 15 is 0 Å². The molecule has 1 aromatic heterocycles. The SMILES string of the molecule is CCCNCc1cc(C)nc(Oc2ccc(C)cc2Cl)c1. The van der Waals surface area contributed by atoms with Crippen LogP contribution in [0, 0.1) is 13.8 Å². The normalized spacial score (nSPS) is 10.7. The summed E-state index contributed by atoms with van der Waals surface area (Å²) in [6.45, 7) is 7.93. The van der Waals surface area contributed by atoms with E-state index in [0.29, 0.717) is 16.7 Å². The Hall–Kier alpha value is -1.58. The highest BCUT2D eigenvalue weighted by Gasteiger charge is 2.06. The van der Waals surface area contributed by atoms with Gasteiger partial charge in [-0.3, -0.25) is 0 Å². The Morgan fingerprint density at radius 1 is 1.19 bits per heavy atom. The summed E-state index contributed by atoms with van der Waals surface area (Å²) in [4.78, 5) is 4.41. The average molecular weight is 305 g/mol. The first-order valence-electron chi connectivity index (χ1n) is 7.20. The fraction of sp³-hybridized carbons (Fsp3) is 0.353. The van der Waals surface area contributed by atoms with Gasteiger partial charge in [0.15, 0.2) is 0 Å². The molecule has 2 rings (SSSR count). The van der Waals surface area contributed by atoms with Crippen LogP contribution >= 0.6 is 11.6 Å². The number of hydrogen-bond donors (Lipinski definition) is 1. The molecule has 0 amide bonds. The predicted molar refractivity (Wildman–Crippen MR) is 87.2 cm³/mol. The van der Waals surface area contributed by atoms with Gasteiger partial charge in [-0.25, -0.2) is 4.98 Å². The molecule has 0 unspecified atom stereocenters. The molecule has 3 nitrogen and oxygen atoms in total. The van der Waals surface area contributed by atoms with Crippen LogP contribution in [-0.2, 0) is 6.54 Å². The maximum atomic E-state index is 6.20. The highest BCUT2D eigenvalue weighted by atomic mass is 35.5. The van der Waals surface area contributed by atoms with Gasteiger partial charge in [0.2, 0.25) is 5.88 Å². The van der Waals surface area contributed by atoms with Gasteiger partial charge in [0.25, 0.3) is 0 Å². The molecule has 0 radical (unpaired) electrons. The van der Waals surface area contributed by atoms with Crippen LogP contribution in [0.25, 0.3) is 0 Å². The third-order valence-corrected chi connectivity index (χ3v) is 3.34. The van der Waals surface area contributed by atoms with Gasteiger partial charge in [0, 0.05) is 18.3 Å². The van der Waals surface area contributed by atoms with Gasteiger partial charge in [-0.1, -0.05) is 24.6 Å². The van der Waals surface area contributed by atoms with E-state index in [1.165, 1.54) is 0 Å². The Kier molecular flexibility index (Phi) is 5.59. The number of nitrogens with one attached hydrogen (secondary N) is 1. The van der Waals surface area contributed by atoms with Gasteiger partial charge in [0.1, 0.15) is 5.75 Å². The molecule has 1 heterocycles. The van der Waals surface area contributed by atoms with Crippen LogP contribution in [0.5, 0.6) is 11.6 Å². The summed E-state index contributed by atoms with van der Waals surface area (Å²) in [6.07, 6.45) is 1.12. The van der Waals surface area contributed by atoms with Crippen molar-refractivity contribution in [2.75, 3.05) is 6.54 Å². The van der Waals surface area contributed by atoms with Crippen molar-refractivity contribution in [1.29, 1.82) is 0 Å². The number of ether oxygens (including phenoxy) is 1.